The Kier molecular flexibility index (Phi) is 7.18. The van der Waals surface area contributed by atoms with Crippen molar-refractivity contribution in [2.45, 2.75) is 57.7 Å². The predicted molar refractivity (Wildman–Crippen MR) is 103 cm³/mol. The lowest BCUT2D eigenvalue weighted by Gasteiger charge is -2.30. The van der Waals surface area contributed by atoms with Crippen LogP contribution in [0, 0.1) is 17.0 Å². The molecule has 7 nitrogen and oxygen atoms in total. The van der Waals surface area contributed by atoms with Crippen molar-refractivity contribution in [3.05, 3.63) is 21.5 Å². The first-order chi connectivity index (χ1) is 12.0. The van der Waals surface area contributed by atoms with Gasteiger partial charge in [-0.15, -0.1) is 23.5 Å². The van der Waals surface area contributed by atoms with Crippen molar-refractivity contribution in [1.82, 2.24) is 14.7 Å². The van der Waals surface area contributed by atoms with Crippen molar-refractivity contribution in [3.63, 3.8) is 0 Å². The number of thioether (sulfide) groups is 2. The van der Waals surface area contributed by atoms with E-state index in [2.05, 4.69) is 18.9 Å². The van der Waals surface area contributed by atoms with Crippen LogP contribution in [0.1, 0.15) is 49.8 Å². The van der Waals surface area contributed by atoms with Crippen LogP contribution in [0.2, 0.25) is 0 Å². The van der Waals surface area contributed by atoms with Gasteiger partial charge in [-0.05, 0) is 38.2 Å². The zero-order valence-electron chi connectivity index (χ0n) is 15.2. The average Bonchev–Trinajstić information content (AvgIpc) is 3.18. The summed E-state index contributed by atoms with van der Waals surface area (Å²) in [5.74, 6) is 1.67. The van der Waals surface area contributed by atoms with Crippen LogP contribution in [0.3, 0.4) is 0 Å². The minimum atomic E-state index is -0.480. The van der Waals surface area contributed by atoms with Gasteiger partial charge in [0.1, 0.15) is 5.69 Å². The lowest BCUT2D eigenvalue weighted by molar-refractivity contribution is -0.385. The summed E-state index contributed by atoms with van der Waals surface area (Å²) >= 11 is 3.70. The first kappa shape index (κ1) is 20.1. The van der Waals surface area contributed by atoms with Crippen LogP contribution in [0.25, 0.3) is 0 Å². The number of hydrogen-bond acceptors (Lipinski definition) is 6. The van der Waals surface area contributed by atoms with Gasteiger partial charge in [-0.25, -0.2) is 0 Å². The van der Waals surface area contributed by atoms with Crippen molar-refractivity contribution in [3.8, 4) is 0 Å². The van der Waals surface area contributed by atoms with Gasteiger partial charge in [-0.2, -0.15) is 5.10 Å². The first-order valence-electron chi connectivity index (χ1n) is 8.72. The molecule has 140 valence electrons. The maximum atomic E-state index is 13.1. The SMILES string of the molecule is CCSC(SCC)[C@@H]1CCCN1C(=O)c1nn(CC)c(C)c1[N+](=O)[O-]. The fraction of sp³-hybridized carbons (Fsp3) is 0.750. The zero-order chi connectivity index (χ0) is 18.6. The predicted octanol–water partition coefficient (Wildman–Crippen LogP) is 3.56. The number of nitro groups is 1. The Morgan fingerprint density at radius 2 is 2.00 bits per heavy atom. The number of carbonyl (C=O) groups is 1. The van der Waals surface area contributed by atoms with Crippen molar-refractivity contribution < 1.29 is 9.72 Å². The molecular weight excluding hydrogens is 360 g/mol. The fourth-order valence-electron chi connectivity index (χ4n) is 3.27. The molecule has 0 saturated carbocycles. The maximum absolute atomic E-state index is 13.1. The molecule has 1 aliphatic rings. The molecule has 1 fully saturated rings. The molecule has 9 heteroatoms. The van der Waals surface area contributed by atoms with Gasteiger partial charge >= 0.3 is 5.69 Å². The molecule has 0 N–H and O–H groups in total. The van der Waals surface area contributed by atoms with Crippen LogP contribution in [-0.2, 0) is 6.54 Å². The molecule has 0 spiro atoms. The smallest absolute Gasteiger partial charge is 0.322 e. The van der Waals surface area contributed by atoms with Gasteiger partial charge in [0.25, 0.3) is 5.91 Å². The summed E-state index contributed by atoms with van der Waals surface area (Å²) in [5.41, 5.74) is 0.271. The summed E-state index contributed by atoms with van der Waals surface area (Å²) in [7, 11) is 0. The van der Waals surface area contributed by atoms with Crippen LogP contribution in [0.5, 0.6) is 0 Å². The van der Waals surface area contributed by atoms with E-state index in [0.717, 1.165) is 24.3 Å². The minimum absolute atomic E-state index is 0.0157. The van der Waals surface area contributed by atoms with E-state index in [1.165, 1.54) is 4.68 Å². The number of likely N-dealkylation sites (tertiary alicyclic amines) is 1. The van der Waals surface area contributed by atoms with Gasteiger partial charge in [0.15, 0.2) is 0 Å². The Morgan fingerprint density at radius 1 is 1.36 bits per heavy atom. The van der Waals surface area contributed by atoms with E-state index in [9.17, 15) is 14.9 Å². The summed E-state index contributed by atoms with van der Waals surface area (Å²) in [4.78, 5) is 25.9. The van der Waals surface area contributed by atoms with Gasteiger partial charge in [-0.3, -0.25) is 19.6 Å². The first-order valence-corrected chi connectivity index (χ1v) is 10.8. The number of carbonyl (C=O) groups excluding carboxylic acids is 1. The topological polar surface area (TPSA) is 81.3 Å². The monoisotopic (exact) mass is 386 g/mol. The standard InChI is InChI=1S/C16H26N4O3S2/c1-5-19-11(4)14(20(22)23)13(17-19)15(21)18-10-8-9-12(18)16(24-6-2)25-7-3/h12,16H,5-10H2,1-4H3/t12-/m0/s1. The van der Waals surface area contributed by atoms with E-state index >= 15 is 0 Å². The van der Waals surface area contributed by atoms with E-state index < -0.39 is 4.92 Å². The van der Waals surface area contributed by atoms with Crippen LogP contribution >= 0.6 is 23.5 Å². The molecule has 1 aromatic rings. The van der Waals surface area contributed by atoms with Gasteiger partial charge < -0.3 is 4.90 Å². The van der Waals surface area contributed by atoms with E-state index in [4.69, 9.17) is 0 Å². The molecule has 0 unspecified atom stereocenters. The summed E-state index contributed by atoms with van der Waals surface area (Å²) in [6.07, 6.45) is 1.88. The molecule has 25 heavy (non-hydrogen) atoms. The average molecular weight is 387 g/mol. The number of nitrogens with zero attached hydrogens (tertiary/aromatic N) is 4. The number of aromatic nitrogens is 2. The van der Waals surface area contributed by atoms with Crippen LogP contribution in [0.15, 0.2) is 0 Å². The normalized spacial score (nSPS) is 17.5. The Balaban J connectivity index is 2.34. The summed E-state index contributed by atoms with van der Waals surface area (Å²) in [5, 5.41) is 15.7. The van der Waals surface area contributed by atoms with Gasteiger partial charge in [0, 0.05) is 13.1 Å². The molecule has 1 amide bonds. The number of aryl methyl sites for hydroxylation is 1. The van der Waals surface area contributed by atoms with E-state index in [-0.39, 0.29) is 23.3 Å². The molecule has 2 rings (SSSR count). The quantitative estimate of drug-likeness (QED) is 0.386. The van der Waals surface area contributed by atoms with E-state index in [1.807, 2.05) is 35.3 Å². The van der Waals surface area contributed by atoms with Crippen molar-refractivity contribution >= 4 is 35.1 Å². The highest BCUT2D eigenvalue weighted by molar-refractivity contribution is 8.17. The molecule has 0 aliphatic carbocycles. The second-order valence-electron chi connectivity index (χ2n) is 5.84. The van der Waals surface area contributed by atoms with E-state index in [1.54, 1.807) is 6.92 Å². The highest BCUT2D eigenvalue weighted by atomic mass is 32.2. The lowest BCUT2D eigenvalue weighted by atomic mass is 10.2. The molecule has 0 aromatic carbocycles. The molecule has 1 atom stereocenters. The molecule has 1 saturated heterocycles. The molecule has 0 bridgehead atoms. The van der Waals surface area contributed by atoms with Crippen molar-refractivity contribution in [2.75, 3.05) is 18.1 Å². The third-order valence-corrected chi connectivity index (χ3v) is 7.16. The third kappa shape index (κ3) is 4.13. The fourth-order valence-corrected chi connectivity index (χ4v) is 6.14. The molecule has 1 aliphatic heterocycles. The van der Waals surface area contributed by atoms with Crippen molar-refractivity contribution in [1.29, 1.82) is 0 Å². The number of amides is 1. The number of hydrogen-bond donors (Lipinski definition) is 0. The van der Waals surface area contributed by atoms with Crippen LogP contribution in [-0.4, -0.2) is 54.2 Å². The summed E-state index contributed by atoms with van der Waals surface area (Å²) in [6.45, 7) is 8.89. The Bertz CT molecular complexity index is 629. The second-order valence-corrected chi connectivity index (χ2v) is 8.98. The highest BCUT2D eigenvalue weighted by Gasteiger charge is 2.40. The van der Waals surface area contributed by atoms with Gasteiger partial charge in [0.2, 0.25) is 5.69 Å². The maximum Gasteiger partial charge on any atom is 0.322 e. The summed E-state index contributed by atoms with van der Waals surface area (Å²) < 4.78 is 1.84. The third-order valence-electron chi connectivity index (χ3n) is 4.40. The molecule has 0 radical (unpaired) electrons. The number of rotatable bonds is 8. The Hall–Kier alpha value is -1.22. The lowest BCUT2D eigenvalue weighted by Crippen LogP contribution is -2.41. The van der Waals surface area contributed by atoms with Gasteiger partial charge in [-0.1, -0.05) is 13.8 Å². The molecule has 1 aromatic heterocycles. The largest absolute Gasteiger partial charge is 0.332 e. The van der Waals surface area contributed by atoms with E-state index in [0.29, 0.717) is 23.4 Å². The molecular formula is C16H26N4O3S2. The zero-order valence-corrected chi connectivity index (χ0v) is 16.9. The van der Waals surface area contributed by atoms with Gasteiger partial charge in [0.05, 0.1) is 15.5 Å². The van der Waals surface area contributed by atoms with Crippen LogP contribution in [0.4, 0.5) is 5.69 Å². The highest BCUT2D eigenvalue weighted by Crippen LogP contribution is 2.36. The molecule has 2 heterocycles. The Morgan fingerprint density at radius 3 is 2.52 bits per heavy atom. The Labute approximate surface area is 157 Å². The summed E-state index contributed by atoms with van der Waals surface area (Å²) in [6, 6.07) is 0.106. The minimum Gasteiger partial charge on any atom is -0.332 e. The second kappa shape index (κ2) is 8.93. The van der Waals surface area contributed by atoms with Crippen molar-refractivity contribution in [2.24, 2.45) is 0 Å². The van der Waals surface area contributed by atoms with Crippen LogP contribution < -0.4 is 0 Å².